The molecule has 23 heavy (non-hydrogen) atoms. The number of aromatic nitrogens is 3. The van der Waals surface area contributed by atoms with Crippen molar-refractivity contribution >= 4 is 33.3 Å². The standard InChI is InChI=1S/C17H20N4OS/c1-10-8-15(18-11(2)22)21(20-10)16-19-13-7-6-12(17(3,4)5)9-14(13)23-16/h6-9H,1-5H3,(H,18,22). The fourth-order valence-corrected chi connectivity index (χ4v) is 3.35. The number of thiazole rings is 1. The van der Waals surface area contributed by atoms with Crippen molar-refractivity contribution in [3.8, 4) is 5.13 Å². The summed E-state index contributed by atoms with van der Waals surface area (Å²) in [6.45, 7) is 9.97. The van der Waals surface area contributed by atoms with Crippen LogP contribution in [0.25, 0.3) is 15.3 Å². The maximum Gasteiger partial charge on any atom is 0.222 e. The van der Waals surface area contributed by atoms with E-state index in [9.17, 15) is 4.79 Å². The van der Waals surface area contributed by atoms with Crippen molar-refractivity contribution in [1.82, 2.24) is 14.8 Å². The Morgan fingerprint density at radius 1 is 1.26 bits per heavy atom. The number of aryl methyl sites for hydroxylation is 1. The van der Waals surface area contributed by atoms with Gasteiger partial charge in [-0.25, -0.2) is 4.98 Å². The summed E-state index contributed by atoms with van der Waals surface area (Å²) in [4.78, 5) is 16.0. The summed E-state index contributed by atoms with van der Waals surface area (Å²) >= 11 is 1.57. The van der Waals surface area contributed by atoms with Gasteiger partial charge in [-0.05, 0) is 30.0 Å². The highest BCUT2D eigenvalue weighted by Gasteiger charge is 2.17. The van der Waals surface area contributed by atoms with Gasteiger partial charge in [-0.1, -0.05) is 38.2 Å². The number of nitrogens with zero attached hydrogens (tertiary/aromatic N) is 3. The molecule has 0 bridgehead atoms. The van der Waals surface area contributed by atoms with Gasteiger partial charge in [0.25, 0.3) is 0 Å². The van der Waals surface area contributed by atoms with Gasteiger partial charge in [0.05, 0.1) is 15.9 Å². The van der Waals surface area contributed by atoms with Gasteiger partial charge in [0, 0.05) is 13.0 Å². The Morgan fingerprint density at radius 3 is 2.65 bits per heavy atom. The first-order valence-electron chi connectivity index (χ1n) is 7.50. The summed E-state index contributed by atoms with van der Waals surface area (Å²) < 4.78 is 2.81. The van der Waals surface area contributed by atoms with Gasteiger partial charge in [-0.3, -0.25) is 4.79 Å². The normalized spacial score (nSPS) is 11.9. The molecule has 0 aliphatic rings. The second kappa shape index (κ2) is 5.45. The lowest BCUT2D eigenvalue weighted by molar-refractivity contribution is -0.114. The molecule has 1 N–H and O–H groups in total. The summed E-state index contributed by atoms with van der Waals surface area (Å²) in [5.74, 6) is 0.521. The fraction of sp³-hybridized carbons (Fsp3) is 0.353. The number of rotatable bonds is 2. The Kier molecular flexibility index (Phi) is 3.72. The highest BCUT2D eigenvalue weighted by Crippen LogP contribution is 2.31. The van der Waals surface area contributed by atoms with Crippen LogP contribution in [-0.2, 0) is 10.2 Å². The zero-order chi connectivity index (χ0) is 16.8. The van der Waals surface area contributed by atoms with Gasteiger partial charge in [0.1, 0.15) is 5.82 Å². The van der Waals surface area contributed by atoms with E-state index in [1.54, 1.807) is 16.0 Å². The van der Waals surface area contributed by atoms with E-state index in [1.165, 1.54) is 12.5 Å². The lowest BCUT2D eigenvalue weighted by Gasteiger charge is -2.18. The molecule has 0 atom stereocenters. The lowest BCUT2D eigenvalue weighted by Crippen LogP contribution is -2.10. The molecule has 0 saturated carbocycles. The number of amides is 1. The van der Waals surface area contributed by atoms with Crippen LogP contribution in [0.5, 0.6) is 0 Å². The zero-order valence-electron chi connectivity index (χ0n) is 14.0. The summed E-state index contributed by atoms with van der Waals surface area (Å²) in [7, 11) is 0. The van der Waals surface area contributed by atoms with Crippen molar-refractivity contribution in [2.45, 2.75) is 40.0 Å². The van der Waals surface area contributed by atoms with Crippen LogP contribution in [0.4, 0.5) is 5.82 Å². The lowest BCUT2D eigenvalue weighted by atomic mass is 9.87. The third-order valence-corrected chi connectivity index (χ3v) is 4.55. The fourth-order valence-electron chi connectivity index (χ4n) is 2.38. The van der Waals surface area contributed by atoms with Crippen LogP contribution in [0, 0.1) is 6.92 Å². The van der Waals surface area contributed by atoms with Crippen LogP contribution in [-0.4, -0.2) is 20.7 Å². The first-order valence-corrected chi connectivity index (χ1v) is 8.31. The number of nitrogens with one attached hydrogen (secondary N) is 1. The third-order valence-electron chi connectivity index (χ3n) is 3.56. The highest BCUT2D eigenvalue weighted by molar-refractivity contribution is 7.20. The van der Waals surface area contributed by atoms with Gasteiger partial charge in [-0.15, -0.1) is 0 Å². The van der Waals surface area contributed by atoms with Crippen LogP contribution in [0.1, 0.15) is 39.0 Å². The Bertz CT molecular complexity index is 886. The number of anilines is 1. The molecular weight excluding hydrogens is 308 g/mol. The van der Waals surface area contributed by atoms with E-state index in [2.05, 4.69) is 48.3 Å². The molecule has 1 aromatic carbocycles. The van der Waals surface area contributed by atoms with E-state index in [0.29, 0.717) is 5.82 Å². The average molecular weight is 328 g/mol. The van der Waals surface area contributed by atoms with E-state index in [-0.39, 0.29) is 11.3 Å². The molecule has 0 saturated heterocycles. The number of hydrogen-bond acceptors (Lipinski definition) is 4. The Morgan fingerprint density at radius 2 is 2.00 bits per heavy atom. The molecule has 6 heteroatoms. The van der Waals surface area contributed by atoms with Crippen molar-refractivity contribution in [2.75, 3.05) is 5.32 Å². The van der Waals surface area contributed by atoms with E-state index in [1.807, 2.05) is 19.1 Å². The van der Waals surface area contributed by atoms with Crippen LogP contribution in [0.2, 0.25) is 0 Å². The van der Waals surface area contributed by atoms with E-state index in [4.69, 9.17) is 0 Å². The van der Waals surface area contributed by atoms with E-state index >= 15 is 0 Å². The molecule has 0 unspecified atom stereocenters. The molecule has 0 fully saturated rings. The molecule has 2 aromatic heterocycles. The van der Waals surface area contributed by atoms with Gasteiger partial charge >= 0.3 is 0 Å². The first-order chi connectivity index (χ1) is 10.7. The molecule has 1 amide bonds. The summed E-state index contributed by atoms with van der Waals surface area (Å²) in [5, 5.41) is 8.00. The van der Waals surface area contributed by atoms with E-state index in [0.717, 1.165) is 21.0 Å². The van der Waals surface area contributed by atoms with E-state index < -0.39 is 0 Å². The quantitative estimate of drug-likeness (QED) is 0.772. The number of carbonyl (C=O) groups excluding carboxylic acids is 1. The molecule has 2 heterocycles. The van der Waals surface area contributed by atoms with Crippen molar-refractivity contribution in [3.63, 3.8) is 0 Å². The van der Waals surface area contributed by atoms with Crippen molar-refractivity contribution in [3.05, 3.63) is 35.5 Å². The Labute approximate surface area is 139 Å². The predicted octanol–water partition coefficient (Wildman–Crippen LogP) is 4.05. The topological polar surface area (TPSA) is 59.8 Å². The number of hydrogen-bond donors (Lipinski definition) is 1. The predicted molar refractivity (Wildman–Crippen MR) is 94.5 cm³/mol. The number of fused-ring (bicyclic) bond motifs is 1. The monoisotopic (exact) mass is 328 g/mol. The zero-order valence-corrected chi connectivity index (χ0v) is 14.8. The van der Waals surface area contributed by atoms with Crippen LogP contribution in [0.3, 0.4) is 0 Å². The maximum atomic E-state index is 11.4. The van der Waals surface area contributed by atoms with Crippen LogP contribution >= 0.6 is 11.3 Å². The third kappa shape index (κ3) is 3.12. The Balaban J connectivity index is 2.09. The molecule has 120 valence electrons. The number of carbonyl (C=O) groups is 1. The second-order valence-electron chi connectivity index (χ2n) is 6.69. The average Bonchev–Trinajstić information content (AvgIpc) is 2.99. The van der Waals surface area contributed by atoms with Crippen LogP contribution < -0.4 is 5.32 Å². The van der Waals surface area contributed by atoms with Crippen molar-refractivity contribution < 1.29 is 4.79 Å². The summed E-state index contributed by atoms with van der Waals surface area (Å²) in [6.07, 6.45) is 0. The van der Waals surface area contributed by atoms with Crippen molar-refractivity contribution in [2.24, 2.45) is 0 Å². The summed E-state index contributed by atoms with van der Waals surface area (Å²) in [5.41, 5.74) is 3.16. The molecule has 3 rings (SSSR count). The molecule has 3 aromatic rings. The van der Waals surface area contributed by atoms with Gasteiger partial charge in [-0.2, -0.15) is 9.78 Å². The highest BCUT2D eigenvalue weighted by atomic mass is 32.1. The molecule has 0 aliphatic heterocycles. The minimum absolute atomic E-state index is 0.0992. The molecule has 0 radical (unpaired) electrons. The summed E-state index contributed by atoms with van der Waals surface area (Å²) in [6, 6.07) is 8.19. The minimum atomic E-state index is -0.123. The smallest absolute Gasteiger partial charge is 0.222 e. The van der Waals surface area contributed by atoms with Gasteiger partial charge in [0.2, 0.25) is 11.0 Å². The second-order valence-corrected chi connectivity index (χ2v) is 7.70. The van der Waals surface area contributed by atoms with Crippen LogP contribution in [0.15, 0.2) is 24.3 Å². The first kappa shape index (κ1) is 15.7. The minimum Gasteiger partial charge on any atom is -0.311 e. The molecule has 0 aliphatic carbocycles. The Hall–Kier alpha value is -2.21. The maximum absolute atomic E-state index is 11.4. The van der Waals surface area contributed by atoms with Gasteiger partial charge < -0.3 is 5.32 Å². The SMILES string of the molecule is CC(=O)Nc1cc(C)nn1-c1nc2ccc(C(C)(C)C)cc2s1. The largest absolute Gasteiger partial charge is 0.311 e. The molecule has 0 spiro atoms. The van der Waals surface area contributed by atoms with Gasteiger partial charge in [0.15, 0.2) is 0 Å². The molecule has 5 nitrogen and oxygen atoms in total. The molecular formula is C17H20N4OS. The number of benzene rings is 1. The van der Waals surface area contributed by atoms with Crippen molar-refractivity contribution in [1.29, 1.82) is 0 Å².